The zero-order valence-corrected chi connectivity index (χ0v) is 14.4. The second kappa shape index (κ2) is 8.62. The van der Waals surface area contributed by atoms with Crippen LogP contribution in [0.2, 0.25) is 0 Å². The lowest BCUT2D eigenvalue weighted by Crippen LogP contribution is -2.35. The highest BCUT2D eigenvalue weighted by Gasteiger charge is 2.24. The predicted molar refractivity (Wildman–Crippen MR) is 90.7 cm³/mol. The van der Waals surface area contributed by atoms with E-state index in [0.717, 1.165) is 30.1 Å². The summed E-state index contributed by atoms with van der Waals surface area (Å²) in [5.41, 5.74) is 0.919. The van der Waals surface area contributed by atoms with Crippen molar-refractivity contribution in [2.45, 2.75) is 12.5 Å². The van der Waals surface area contributed by atoms with Crippen molar-refractivity contribution in [1.29, 1.82) is 0 Å². The van der Waals surface area contributed by atoms with Crippen molar-refractivity contribution in [1.82, 2.24) is 14.8 Å². The van der Waals surface area contributed by atoms with Crippen molar-refractivity contribution < 1.29 is 4.74 Å². The maximum absolute atomic E-state index is 5.98. The van der Waals surface area contributed by atoms with Gasteiger partial charge in [-0.05, 0) is 32.6 Å². The summed E-state index contributed by atoms with van der Waals surface area (Å²) in [7, 11) is 6.14. The first-order valence-corrected chi connectivity index (χ1v) is 6.50. The third-order valence-electron chi connectivity index (χ3n) is 3.00. The molecule has 0 radical (unpaired) electrons. The lowest BCUT2D eigenvalue weighted by molar-refractivity contribution is 0.154. The normalized spacial score (nSPS) is 17.5. The summed E-state index contributed by atoms with van der Waals surface area (Å²) in [4.78, 5) is 9.33. The summed E-state index contributed by atoms with van der Waals surface area (Å²) in [6.45, 7) is 1.80. The Labute approximate surface area is 138 Å². The van der Waals surface area contributed by atoms with Gasteiger partial charge in [-0.15, -0.1) is 24.8 Å². The molecule has 0 N–H and O–H groups in total. The smallest absolute Gasteiger partial charge is 0.224 e. The van der Waals surface area contributed by atoms with Crippen molar-refractivity contribution in [3.8, 4) is 5.88 Å². The van der Waals surface area contributed by atoms with Gasteiger partial charge in [0.15, 0.2) is 0 Å². The fourth-order valence-corrected chi connectivity index (χ4v) is 2.22. The lowest BCUT2D eigenvalue weighted by Gasteiger charge is -2.22. The highest BCUT2D eigenvalue weighted by atomic mass is 35.5. The molecule has 1 atom stereocenters. The fourth-order valence-electron chi connectivity index (χ4n) is 1.99. The summed E-state index contributed by atoms with van der Waals surface area (Å²) >= 11 is 5.45. The van der Waals surface area contributed by atoms with E-state index in [1.807, 2.05) is 19.2 Å². The van der Waals surface area contributed by atoms with Gasteiger partial charge >= 0.3 is 0 Å². The quantitative estimate of drug-likeness (QED) is 0.789. The van der Waals surface area contributed by atoms with E-state index < -0.39 is 0 Å². The Balaban J connectivity index is 0.00000180. The topological polar surface area (TPSA) is 28.6 Å². The number of hydrogen-bond acceptors (Lipinski definition) is 4. The zero-order valence-electron chi connectivity index (χ0n) is 11.9. The molecule has 4 nitrogen and oxygen atoms in total. The Kier molecular flexibility index (Phi) is 8.35. The van der Waals surface area contributed by atoms with Crippen LogP contribution in [0.25, 0.3) is 0 Å². The van der Waals surface area contributed by atoms with E-state index >= 15 is 0 Å². The molecule has 1 unspecified atom stereocenters. The van der Waals surface area contributed by atoms with E-state index in [0.29, 0.717) is 5.88 Å². The van der Waals surface area contributed by atoms with Crippen LogP contribution in [0, 0.1) is 0 Å². The molecule has 7 heteroatoms. The third-order valence-corrected chi connectivity index (χ3v) is 3.53. The molecule has 0 saturated heterocycles. The van der Waals surface area contributed by atoms with Gasteiger partial charge in [-0.1, -0.05) is 12.2 Å². The van der Waals surface area contributed by atoms with Gasteiger partial charge < -0.3 is 14.5 Å². The van der Waals surface area contributed by atoms with Gasteiger partial charge in [0, 0.05) is 19.8 Å². The molecule has 0 spiro atoms. The number of fused-ring (bicyclic) bond motifs is 1. The number of likely N-dealkylation sites (N-methyl/N-ethyl adjacent to an activating group) is 1. The molecular weight excluding hydrogens is 317 g/mol. The van der Waals surface area contributed by atoms with Crippen LogP contribution in [0.15, 0.2) is 18.3 Å². The predicted octanol–water partition coefficient (Wildman–Crippen LogP) is 2.25. The van der Waals surface area contributed by atoms with Crippen molar-refractivity contribution >= 4 is 42.0 Å². The summed E-state index contributed by atoms with van der Waals surface area (Å²) < 4.78 is 5.98. The summed E-state index contributed by atoms with van der Waals surface area (Å²) in [6, 6.07) is 3.86. The summed E-state index contributed by atoms with van der Waals surface area (Å²) in [5, 5.41) is 0. The molecule has 0 saturated carbocycles. The molecule has 0 bridgehead atoms. The molecule has 0 fully saturated rings. The van der Waals surface area contributed by atoms with Crippen LogP contribution < -0.4 is 4.74 Å². The summed E-state index contributed by atoms with van der Waals surface area (Å²) in [6.07, 6.45) is 2.85. The molecule has 1 aliphatic heterocycles. The Morgan fingerprint density at radius 3 is 2.80 bits per heavy atom. The standard InChI is InChI=1S/C13H19N3OS.2ClH/c1-15(2)8-6-10-9-16(3)13(18)11-5-4-7-14-12(11)17-10;;/h4-5,7,10H,6,8-9H2,1-3H3;2*1H. The number of hydrogen-bond donors (Lipinski definition) is 0. The minimum absolute atomic E-state index is 0. The van der Waals surface area contributed by atoms with E-state index in [4.69, 9.17) is 17.0 Å². The van der Waals surface area contributed by atoms with Gasteiger partial charge in [0.25, 0.3) is 0 Å². The largest absolute Gasteiger partial charge is 0.472 e. The maximum Gasteiger partial charge on any atom is 0.224 e. The number of ether oxygens (including phenoxy) is 1. The van der Waals surface area contributed by atoms with Crippen LogP contribution in [0.3, 0.4) is 0 Å². The molecule has 0 amide bonds. The Morgan fingerprint density at radius 1 is 1.45 bits per heavy atom. The van der Waals surface area contributed by atoms with E-state index in [-0.39, 0.29) is 30.9 Å². The zero-order chi connectivity index (χ0) is 13.1. The van der Waals surface area contributed by atoms with Crippen LogP contribution in [0.5, 0.6) is 5.88 Å². The molecule has 20 heavy (non-hydrogen) atoms. The van der Waals surface area contributed by atoms with Crippen LogP contribution in [-0.2, 0) is 0 Å². The van der Waals surface area contributed by atoms with Gasteiger partial charge in [-0.25, -0.2) is 4.98 Å². The van der Waals surface area contributed by atoms with Crippen molar-refractivity contribution in [3.05, 3.63) is 23.9 Å². The molecular formula is C13H21Cl2N3OS. The van der Waals surface area contributed by atoms with Crippen LogP contribution >= 0.6 is 37.0 Å². The van der Waals surface area contributed by atoms with Crippen LogP contribution in [0.4, 0.5) is 0 Å². The molecule has 2 rings (SSSR count). The van der Waals surface area contributed by atoms with Crippen LogP contribution in [-0.4, -0.2) is 60.1 Å². The number of halogens is 2. The van der Waals surface area contributed by atoms with Gasteiger partial charge in [-0.2, -0.15) is 0 Å². The maximum atomic E-state index is 5.98. The molecule has 0 aliphatic carbocycles. The number of pyridine rings is 1. The SMILES string of the molecule is CN(C)CCC1CN(C)C(=S)c2cccnc2O1.Cl.Cl. The average molecular weight is 338 g/mol. The number of nitrogens with zero attached hydrogens (tertiary/aromatic N) is 3. The van der Waals surface area contributed by atoms with Gasteiger partial charge in [0.05, 0.1) is 12.1 Å². The van der Waals surface area contributed by atoms with E-state index in [9.17, 15) is 0 Å². The number of aromatic nitrogens is 1. The Bertz CT molecular complexity index is 445. The second-order valence-corrected chi connectivity index (χ2v) is 5.26. The lowest BCUT2D eigenvalue weighted by atomic mass is 10.2. The van der Waals surface area contributed by atoms with Gasteiger partial charge in [0.1, 0.15) is 11.1 Å². The van der Waals surface area contributed by atoms with Gasteiger partial charge in [-0.3, -0.25) is 0 Å². The summed E-state index contributed by atoms with van der Waals surface area (Å²) in [5.74, 6) is 0.663. The van der Waals surface area contributed by atoms with Crippen LogP contribution in [0.1, 0.15) is 12.0 Å². The first-order valence-electron chi connectivity index (χ1n) is 6.10. The van der Waals surface area contributed by atoms with E-state index in [1.54, 1.807) is 6.20 Å². The van der Waals surface area contributed by atoms with Crippen molar-refractivity contribution in [3.63, 3.8) is 0 Å². The molecule has 2 heterocycles. The third kappa shape index (κ3) is 4.74. The van der Waals surface area contributed by atoms with E-state index in [2.05, 4.69) is 28.9 Å². The highest BCUT2D eigenvalue weighted by molar-refractivity contribution is 7.80. The first-order chi connectivity index (χ1) is 8.58. The molecule has 114 valence electrons. The average Bonchev–Trinajstić information content (AvgIpc) is 2.46. The molecule has 1 aromatic rings. The highest BCUT2D eigenvalue weighted by Crippen LogP contribution is 2.23. The molecule has 1 aromatic heterocycles. The van der Waals surface area contributed by atoms with E-state index in [1.165, 1.54) is 0 Å². The van der Waals surface area contributed by atoms with Gasteiger partial charge in [0.2, 0.25) is 5.88 Å². The number of thiocarbonyl (C=S) groups is 1. The Hall–Kier alpha value is -0.620. The fraction of sp³-hybridized carbons (Fsp3) is 0.538. The molecule has 0 aromatic carbocycles. The first kappa shape index (κ1) is 19.4. The number of rotatable bonds is 3. The minimum Gasteiger partial charge on any atom is -0.472 e. The van der Waals surface area contributed by atoms with Crippen molar-refractivity contribution in [2.75, 3.05) is 34.2 Å². The monoisotopic (exact) mass is 337 g/mol. The second-order valence-electron chi connectivity index (χ2n) is 4.87. The Morgan fingerprint density at radius 2 is 2.15 bits per heavy atom. The van der Waals surface area contributed by atoms with Crippen molar-refractivity contribution in [2.24, 2.45) is 0 Å². The minimum atomic E-state index is 0. The molecule has 1 aliphatic rings.